The number of carbonyl (C=O) groups excluding carboxylic acids is 1. The van der Waals surface area contributed by atoms with E-state index in [1.807, 2.05) is 13.8 Å². The number of rotatable bonds is 5. The zero-order valence-electron chi connectivity index (χ0n) is 9.97. The second-order valence-electron chi connectivity index (χ2n) is 4.21. The van der Waals surface area contributed by atoms with Crippen LogP contribution >= 0.6 is 0 Å². The molecule has 17 heavy (non-hydrogen) atoms. The Bertz CT molecular complexity index is 406. The molecular weight excluding hydrogens is 220 g/mol. The summed E-state index contributed by atoms with van der Waals surface area (Å²) in [7, 11) is 0. The summed E-state index contributed by atoms with van der Waals surface area (Å²) >= 11 is 0. The zero-order chi connectivity index (χ0) is 13.0. The number of hydrogen-bond donors (Lipinski definition) is 4. The Hall–Kier alpha value is -1.82. The van der Waals surface area contributed by atoms with Crippen LogP contribution in [0.4, 0.5) is 11.5 Å². The Labute approximate surface area is 100 Å². The predicted octanol–water partition coefficient (Wildman–Crippen LogP) is 0.192. The topological polar surface area (TPSA) is 114 Å². The highest BCUT2D eigenvalue weighted by molar-refractivity contribution is 5.98. The number of amides is 1. The fraction of sp³-hybridized carbons (Fsp3) is 0.455. The van der Waals surface area contributed by atoms with Crippen molar-refractivity contribution in [1.29, 1.82) is 0 Å². The molecule has 0 unspecified atom stereocenters. The van der Waals surface area contributed by atoms with E-state index in [0.29, 0.717) is 11.5 Å². The van der Waals surface area contributed by atoms with Crippen LogP contribution in [0, 0.1) is 5.92 Å². The van der Waals surface area contributed by atoms with E-state index in [1.54, 1.807) is 0 Å². The van der Waals surface area contributed by atoms with E-state index in [4.69, 9.17) is 11.5 Å². The third-order valence-electron chi connectivity index (χ3n) is 2.50. The summed E-state index contributed by atoms with van der Waals surface area (Å²) in [6.07, 6.45) is 1.43. The molecule has 1 rings (SSSR count). The van der Waals surface area contributed by atoms with Crippen LogP contribution in [0.15, 0.2) is 12.3 Å². The summed E-state index contributed by atoms with van der Waals surface area (Å²) in [5, 5.41) is 12.2. The van der Waals surface area contributed by atoms with Crippen LogP contribution in [0.1, 0.15) is 24.2 Å². The van der Waals surface area contributed by atoms with E-state index in [-0.39, 0.29) is 24.1 Å². The van der Waals surface area contributed by atoms with Gasteiger partial charge < -0.3 is 21.9 Å². The van der Waals surface area contributed by atoms with Crippen LogP contribution in [-0.4, -0.2) is 28.6 Å². The monoisotopic (exact) mass is 238 g/mol. The minimum atomic E-state index is -0.604. The average molecular weight is 238 g/mol. The van der Waals surface area contributed by atoms with Gasteiger partial charge in [-0.15, -0.1) is 0 Å². The Morgan fingerprint density at radius 1 is 1.59 bits per heavy atom. The number of nitrogen functional groups attached to an aromatic ring is 1. The van der Waals surface area contributed by atoms with Gasteiger partial charge in [0.25, 0.3) is 5.91 Å². The first kappa shape index (κ1) is 13.2. The first-order chi connectivity index (χ1) is 7.95. The van der Waals surface area contributed by atoms with Crippen LogP contribution in [0.3, 0.4) is 0 Å². The van der Waals surface area contributed by atoms with Crippen molar-refractivity contribution in [3.8, 4) is 0 Å². The van der Waals surface area contributed by atoms with E-state index < -0.39 is 5.91 Å². The number of anilines is 2. The fourth-order valence-electron chi connectivity index (χ4n) is 1.38. The van der Waals surface area contributed by atoms with Crippen molar-refractivity contribution in [2.75, 3.05) is 17.7 Å². The molecule has 94 valence electrons. The molecule has 0 aliphatic rings. The van der Waals surface area contributed by atoms with Gasteiger partial charge in [0.2, 0.25) is 0 Å². The van der Waals surface area contributed by atoms with Crippen LogP contribution < -0.4 is 16.8 Å². The van der Waals surface area contributed by atoms with Crippen molar-refractivity contribution in [3.05, 3.63) is 17.8 Å². The van der Waals surface area contributed by atoms with E-state index in [2.05, 4.69) is 10.3 Å². The van der Waals surface area contributed by atoms with Gasteiger partial charge in [0.05, 0.1) is 30.1 Å². The number of nitrogens with two attached hydrogens (primary N) is 2. The SMILES string of the molecule is CC(C)[C@@H](CO)Nc1ncc(N)cc1C(N)=O. The van der Waals surface area contributed by atoms with Gasteiger partial charge in [-0.25, -0.2) is 4.98 Å². The third kappa shape index (κ3) is 3.32. The normalized spacial score (nSPS) is 12.5. The summed E-state index contributed by atoms with van der Waals surface area (Å²) < 4.78 is 0. The van der Waals surface area contributed by atoms with E-state index in [1.165, 1.54) is 12.3 Å². The molecule has 0 saturated heterocycles. The largest absolute Gasteiger partial charge is 0.397 e. The molecule has 0 saturated carbocycles. The lowest BCUT2D eigenvalue weighted by molar-refractivity contribution is 0.100. The Kier molecular flexibility index (Phi) is 4.28. The number of carbonyl (C=O) groups is 1. The number of pyridine rings is 1. The maximum absolute atomic E-state index is 11.2. The molecule has 0 bridgehead atoms. The number of nitrogens with zero attached hydrogens (tertiary/aromatic N) is 1. The summed E-state index contributed by atoms with van der Waals surface area (Å²) in [4.78, 5) is 15.3. The first-order valence-corrected chi connectivity index (χ1v) is 5.38. The van der Waals surface area contributed by atoms with Crippen molar-refractivity contribution in [2.24, 2.45) is 11.7 Å². The minimum Gasteiger partial charge on any atom is -0.397 e. The highest BCUT2D eigenvalue weighted by Gasteiger charge is 2.16. The van der Waals surface area contributed by atoms with Crippen molar-refractivity contribution in [3.63, 3.8) is 0 Å². The van der Waals surface area contributed by atoms with E-state index in [9.17, 15) is 9.90 Å². The maximum Gasteiger partial charge on any atom is 0.252 e. The van der Waals surface area contributed by atoms with Crippen molar-refractivity contribution in [2.45, 2.75) is 19.9 Å². The number of aliphatic hydroxyl groups excluding tert-OH is 1. The molecule has 1 aromatic heterocycles. The van der Waals surface area contributed by atoms with Gasteiger partial charge >= 0.3 is 0 Å². The molecule has 0 aliphatic heterocycles. The quantitative estimate of drug-likeness (QED) is 0.584. The Morgan fingerprint density at radius 2 is 2.24 bits per heavy atom. The van der Waals surface area contributed by atoms with Crippen molar-refractivity contribution in [1.82, 2.24) is 4.98 Å². The Morgan fingerprint density at radius 3 is 2.71 bits per heavy atom. The van der Waals surface area contributed by atoms with Crippen LogP contribution in [0.25, 0.3) is 0 Å². The predicted molar refractivity (Wildman–Crippen MR) is 66.5 cm³/mol. The standard InChI is InChI=1S/C11H18N4O2/c1-6(2)9(5-16)15-11-8(10(13)17)3-7(12)4-14-11/h3-4,6,9,16H,5,12H2,1-2H3,(H2,13,17)(H,14,15)/t9-/m1/s1. The lowest BCUT2D eigenvalue weighted by Gasteiger charge is -2.21. The van der Waals surface area contributed by atoms with Crippen molar-refractivity contribution < 1.29 is 9.90 Å². The number of nitrogens with one attached hydrogen (secondary N) is 1. The molecule has 6 N–H and O–H groups in total. The number of aromatic nitrogens is 1. The summed E-state index contributed by atoms with van der Waals surface area (Å²) in [5.41, 5.74) is 11.4. The van der Waals surface area contributed by atoms with Crippen molar-refractivity contribution >= 4 is 17.4 Å². The second kappa shape index (κ2) is 5.49. The number of hydrogen-bond acceptors (Lipinski definition) is 5. The number of primary amides is 1. The Balaban J connectivity index is 3.01. The molecule has 1 amide bonds. The second-order valence-corrected chi connectivity index (χ2v) is 4.21. The van der Waals surface area contributed by atoms with Gasteiger partial charge in [0, 0.05) is 0 Å². The van der Waals surface area contributed by atoms with Gasteiger partial charge in [0.1, 0.15) is 5.82 Å². The maximum atomic E-state index is 11.2. The molecule has 0 aliphatic carbocycles. The van der Waals surface area contributed by atoms with Gasteiger partial charge in [-0.05, 0) is 12.0 Å². The van der Waals surface area contributed by atoms with Crippen LogP contribution in [0.2, 0.25) is 0 Å². The average Bonchev–Trinajstić information content (AvgIpc) is 2.26. The van der Waals surface area contributed by atoms with E-state index in [0.717, 1.165) is 0 Å². The molecule has 1 heterocycles. The smallest absolute Gasteiger partial charge is 0.252 e. The van der Waals surface area contributed by atoms with Gasteiger partial charge in [-0.1, -0.05) is 13.8 Å². The summed E-state index contributed by atoms with van der Waals surface area (Å²) in [6, 6.07) is 1.27. The lowest BCUT2D eigenvalue weighted by Crippen LogP contribution is -2.31. The highest BCUT2D eigenvalue weighted by Crippen LogP contribution is 2.17. The minimum absolute atomic E-state index is 0.0536. The van der Waals surface area contributed by atoms with Crippen LogP contribution in [-0.2, 0) is 0 Å². The fourth-order valence-corrected chi connectivity index (χ4v) is 1.38. The highest BCUT2D eigenvalue weighted by atomic mass is 16.3. The molecule has 0 fully saturated rings. The molecule has 0 radical (unpaired) electrons. The lowest BCUT2D eigenvalue weighted by atomic mass is 10.1. The van der Waals surface area contributed by atoms with Gasteiger partial charge in [0.15, 0.2) is 0 Å². The number of aliphatic hydroxyl groups is 1. The molecular formula is C11H18N4O2. The third-order valence-corrected chi connectivity index (χ3v) is 2.50. The molecule has 0 spiro atoms. The zero-order valence-corrected chi connectivity index (χ0v) is 9.97. The summed E-state index contributed by atoms with van der Waals surface area (Å²) in [5.74, 6) is -0.0627. The molecule has 0 aromatic carbocycles. The van der Waals surface area contributed by atoms with Gasteiger partial charge in [-0.3, -0.25) is 4.79 Å². The van der Waals surface area contributed by atoms with Gasteiger partial charge in [-0.2, -0.15) is 0 Å². The molecule has 1 atom stereocenters. The van der Waals surface area contributed by atoms with Crippen LogP contribution in [0.5, 0.6) is 0 Å². The molecule has 6 heteroatoms. The summed E-state index contributed by atoms with van der Waals surface area (Å²) in [6.45, 7) is 3.85. The molecule has 6 nitrogen and oxygen atoms in total. The molecule has 1 aromatic rings. The first-order valence-electron chi connectivity index (χ1n) is 5.38. The van der Waals surface area contributed by atoms with E-state index >= 15 is 0 Å².